The summed E-state index contributed by atoms with van der Waals surface area (Å²) in [5, 5.41) is 17.3. The first kappa shape index (κ1) is 25.2. The molecule has 4 rings (SSSR count). The average molecular weight is 509 g/mol. The van der Waals surface area contributed by atoms with E-state index in [1.807, 2.05) is 25.3 Å². The van der Waals surface area contributed by atoms with E-state index in [1.165, 1.54) is 18.7 Å². The summed E-state index contributed by atoms with van der Waals surface area (Å²) in [6, 6.07) is 5.58. The Kier molecular flexibility index (Phi) is 6.46. The largest absolute Gasteiger partial charge is 0.449 e. The van der Waals surface area contributed by atoms with Gasteiger partial charge in [0.05, 0.1) is 23.3 Å². The smallest absolute Gasteiger partial charge is 0.371 e. The molecule has 0 spiro atoms. The van der Waals surface area contributed by atoms with Crippen LogP contribution in [0.25, 0.3) is 10.9 Å². The summed E-state index contributed by atoms with van der Waals surface area (Å²) in [7, 11) is 0. The van der Waals surface area contributed by atoms with Crippen molar-refractivity contribution in [3.05, 3.63) is 35.0 Å². The van der Waals surface area contributed by atoms with Gasteiger partial charge in [-0.1, -0.05) is 11.6 Å². The summed E-state index contributed by atoms with van der Waals surface area (Å²) in [4.78, 5) is 22.2. The van der Waals surface area contributed by atoms with Gasteiger partial charge in [-0.15, -0.1) is 0 Å². The Balaban J connectivity index is 1.47. The van der Waals surface area contributed by atoms with Crippen LogP contribution in [-0.4, -0.2) is 70.3 Å². The third kappa shape index (κ3) is 4.80. The van der Waals surface area contributed by atoms with Crippen LogP contribution in [0, 0.1) is 23.7 Å². The molecule has 2 saturated heterocycles. The maximum atomic E-state index is 13.3. The second kappa shape index (κ2) is 8.96. The molecule has 188 valence electrons. The minimum atomic E-state index is -4.86. The summed E-state index contributed by atoms with van der Waals surface area (Å²) >= 11 is 6.23. The van der Waals surface area contributed by atoms with Crippen LogP contribution < -0.4 is 4.90 Å². The van der Waals surface area contributed by atoms with Crippen molar-refractivity contribution < 1.29 is 18.0 Å². The highest BCUT2D eigenvalue weighted by Gasteiger charge is 2.49. The van der Waals surface area contributed by atoms with E-state index in [0.29, 0.717) is 35.9 Å². The normalized spacial score (nSPS) is 19.4. The van der Waals surface area contributed by atoms with Crippen LogP contribution in [0.4, 0.5) is 18.9 Å². The van der Waals surface area contributed by atoms with Gasteiger partial charge in [0.2, 0.25) is 11.7 Å². The maximum Gasteiger partial charge on any atom is 0.449 e. The standard InChI is InChI=1S/C24H28ClF3N6O/c1-14-11-31-18-5-4-16(25)10-17(18)20(14)32-8-6-15(7-9-32)21(35)33-12-19(29)34(23(2,3)13-33)22(30)24(26,27)28/h4-5,10-11,15,29-30H,6-9,12-13H2,1-3H3. The van der Waals surface area contributed by atoms with Gasteiger partial charge in [0.1, 0.15) is 5.84 Å². The number of piperazine rings is 1. The van der Waals surface area contributed by atoms with E-state index in [-0.39, 0.29) is 24.9 Å². The molecule has 0 unspecified atom stereocenters. The zero-order chi connectivity index (χ0) is 25.7. The molecule has 2 fully saturated rings. The molecule has 11 heteroatoms. The quantitative estimate of drug-likeness (QED) is 0.448. The number of halogens is 4. The molecule has 3 heterocycles. The van der Waals surface area contributed by atoms with E-state index >= 15 is 0 Å². The molecule has 2 aliphatic heterocycles. The lowest BCUT2D eigenvalue weighted by Gasteiger charge is -2.49. The number of aromatic nitrogens is 1. The van der Waals surface area contributed by atoms with Crippen molar-refractivity contribution in [2.75, 3.05) is 31.1 Å². The Hall–Kier alpha value is -2.88. The van der Waals surface area contributed by atoms with Crippen molar-refractivity contribution in [1.82, 2.24) is 14.8 Å². The predicted molar refractivity (Wildman–Crippen MR) is 130 cm³/mol. The number of hydrogen-bond acceptors (Lipinski definition) is 5. The second-order valence-corrected chi connectivity index (χ2v) is 10.3. The van der Waals surface area contributed by atoms with E-state index in [2.05, 4.69) is 9.88 Å². The van der Waals surface area contributed by atoms with Crippen molar-refractivity contribution in [3.8, 4) is 0 Å². The van der Waals surface area contributed by atoms with Gasteiger partial charge in [0.25, 0.3) is 0 Å². The summed E-state index contributed by atoms with van der Waals surface area (Å²) < 4.78 is 39.5. The van der Waals surface area contributed by atoms with Gasteiger partial charge < -0.3 is 14.7 Å². The van der Waals surface area contributed by atoms with Crippen LogP contribution >= 0.6 is 11.6 Å². The molecule has 0 saturated carbocycles. The molecule has 0 bridgehead atoms. The SMILES string of the molecule is Cc1cnc2ccc(Cl)cc2c1N1CCC(C(=O)N2CC(=N)N(C(=N)C(F)(F)F)C(C)(C)C2)CC1. The van der Waals surface area contributed by atoms with Crippen molar-refractivity contribution in [1.29, 1.82) is 10.8 Å². The molecule has 2 aromatic rings. The number of carbonyl (C=O) groups is 1. The third-order valence-electron chi connectivity index (χ3n) is 6.74. The highest BCUT2D eigenvalue weighted by atomic mass is 35.5. The molecule has 7 nitrogen and oxygen atoms in total. The highest BCUT2D eigenvalue weighted by Crippen LogP contribution is 2.35. The van der Waals surface area contributed by atoms with Gasteiger partial charge in [0, 0.05) is 42.2 Å². The molecule has 35 heavy (non-hydrogen) atoms. The Morgan fingerprint density at radius 3 is 2.49 bits per heavy atom. The first-order valence-electron chi connectivity index (χ1n) is 11.4. The fourth-order valence-corrected chi connectivity index (χ4v) is 5.38. The van der Waals surface area contributed by atoms with Gasteiger partial charge in [-0.25, -0.2) is 0 Å². The molecule has 0 atom stereocenters. The number of hydrogen-bond donors (Lipinski definition) is 2. The zero-order valence-electron chi connectivity index (χ0n) is 19.8. The summed E-state index contributed by atoms with van der Waals surface area (Å²) in [5.74, 6) is -2.40. The number of pyridine rings is 1. The van der Waals surface area contributed by atoms with Crippen LogP contribution in [0.15, 0.2) is 24.4 Å². The Bertz CT molecular complexity index is 1180. The minimum Gasteiger partial charge on any atom is -0.371 e. The number of benzene rings is 1. The van der Waals surface area contributed by atoms with Crippen LogP contribution in [0.5, 0.6) is 0 Å². The molecule has 2 aliphatic rings. The van der Waals surface area contributed by atoms with Gasteiger partial charge in [-0.05, 0) is 57.4 Å². The van der Waals surface area contributed by atoms with Crippen LogP contribution in [0.2, 0.25) is 5.02 Å². The fourth-order valence-electron chi connectivity index (χ4n) is 5.21. The molecule has 1 amide bonds. The van der Waals surface area contributed by atoms with E-state index in [1.54, 1.807) is 6.07 Å². The van der Waals surface area contributed by atoms with Gasteiger partial charge in [-0.3, -0.25) is 20.6 Å². The van der Waals surface area contributed by atoms with Gasteiger partial charge in [0.15, 0.2) is 0 Å². The number of rotatable bonds is 2. The van der Waals surface area contributed by atoms with Crippen molar-refractivity contribution in [2.45, 2.75) is 45.3 Å². The first-order valence-corrected chi connectivity index (χ1v) is 11.8. The maximum absolute atomic E-state index is 13.3. The second-order valence-electron chi connectivity index (χ2n) is 9.85. The molecule has 2 N–H and O–H groups in total. The fraction of sp³-hybridized carbons (Fsp3) is 0.500. The Labute approximate surface area is 206 Å². The van der Waals surface area contributed by atoms with Crippen LogP contribution in [-0.2, 0) is 4.79 Å². The molecular formula is C24H28ClF3N6O. The molecule has 0 radical (unpaired) electrons. The van der Waals surface area contributed by atoms with E-state index < -0.39 is 23.4 Å². The summed E-state index contributed by atoms with van der Waals surface area (Å²) in [5.41, 5.74) is 1.69. The molecule has 0 aliphatic carbocycles. The number of nitrogens with one attached hydrogen (secondary N) is 2. The van der Waals surface area contributed by atoms with Crippen molar-refractivity contribution in [3.63, 3.8) is 0 Å². The number of piperidine rings is 1. The summed E-state index contributed by atoms with van der Waals surface area (Å²) in [6.45, 7) is 6.09. The molecule has 1 aromatic carbocycles. The number of alkyl halides is 3. The van der Waals surface area contributed by atoms with Gasteiger partial charge in [-0.2, -0.15) is 13.2 Å². The topological polar surface area (TPSA) is 87.4 Å². The minimum absolute atomic E-state index is 0.0134. The number of amides is 1. The van der Waals surface area contributed by atoms with E-state index in [9.17, 15) is 18.0 Å². The molecular weight excluding hydrogens is 481 g/mol. The lowest BCUT2D eigenvalue weighted by Crippen LogP contribution is -2.67. The molecule has 1 aromatic heterocycles. The predicted octanol–water partition coefficient (Wildman–Crippen LogP) is 4.85. The first-order chi connectivity index (χ1) is 16.3. The van der Waals surface area contributed by atoms with E-state index in [4.69, 9.17) is 22.4 Å². The lowest BCUT2D eigenvalue weighted by molar-refractivity contribution is -0.137. The summed E-state index contributed by atoms with van der Waals surface area (Å²) in [6.07, 6.45) is -1.85. The van der Waals surface area contributed by atoms with Crippen molar-refractivity contribution in [2.24, 2.45) is 5.92 Å². The zero-order valence-corrected chi connectivity index (χ0v) is 20.6. The monoisotopic (exact) mass is 508 g/mol. The highest BCUT2D eigenvalue weighted by molar-refractivity contribution is 6.31. The van der Waals surface area contributed by atoms with Crippen LogP contribution in [0.3, 0.4) is 0 Å². The van der Waals surface area contributed by atoms with E-state index in [0.717, 1.165) is 22.2 Å². The number of fused-ring (bicyclic) bond motifs is 1. The number of carbonyl (C=O) groups excluding carboxylic acids is 1. The number of nitrogens with zero attached hydrogens (tertiary/aromatic N) is 4. The average Bonchev–Trinajstić information content (AvgIpc) is 2.77. The van der Waals surface area contributed by atoms with Crippen molar-refractivity contribution >= 4 is 45.8 Å². The third-order valence-corrected chi connectivity index (χ3v) is 6.98. The Morgan fingerprint density at radius 1 is 1.23 bits per heavy atom. The van der Waals surface area contributed by atoms with Crippen LogP contribution in [0.1, 0.15) is 32.3 Å². The van der Waals surface area contributed by atoms with Gasteiger partial charge >= 0.3 is 6.18 Å². The number of amidine groups is 2. The number of aryl methyl sites for hydroxylation is 1. The number of anilines is 1. The Morgan fingerprint density at radius 2 is 1.89 bits per heavy atom. The lowest BCUT2D eigenvalue weighted by atomic mass is 9.91.